The molecule has 5 aromatic rings. The van der Waals surface area contributed by atoms with Gasteiger partial charge in [0.05, 0.1) is 5.52 Å². The minimum atomic E-state index is -0.203. The summed E-state index contributed by atoms with van der Waals surface area (Å²) in [5.74, 6) is 1.64. The number of aryl methyl sites for hydroxylation is 1. The van der Waals surface area contributed by atoms with Gasteiger partial charge in [-0.1, -0.05) is 18.7 Å². The molecule has 6 rings (SSSR count). The third-order valence-electron chi connectivity index (χ3n) is 6.48. The van der Waals surface area contributed by atoms with Crippen molar-refractivity contribution in [1.29, 1.82) is 0 Å². The number of hydrazine groups is 1. The van der Waals surface area contributed by atoms with Crippen molar-refractivity contribution in [2.45, 2.75) is 13.3 Å². The van der Waals surface area contributed by atoms with Crippen LogP contribution < -0.4 is 15.5 Å². The van der Waals surface area contributed by atoms with Crippen molar-refractivity contribution in [2.24, 2.45) is 0 Å². The third-order valence-corrected chi connectivity index (χ3v) is 6.48. The minimum absolute atomic E-state index is 0.203. The number of ether oxygens (including phenoxy) is 1. The first-order valence-corrected chi connectivity index (χ1v) is 12.4. The summed E-state index contributed by atoms with van der Waals surface area (Å²) in [6, 6.07) is 13.8. The zero-order valence-electron chi connectivity index (χ0n) is 21.2. The Labute approximate surface area is 223 Å². The summed E-state index contributed by atoms with van der Waals surface area (Å²) in [5, 5.41) is 14.1. The van der Waals surface area contributed by atoms with Gasteiger partial charge in [0.15, 0.2) is 5.65 Å². The maximum atomic E-state index is 11.6. The van der Waals surface area contributed by atoms with Crippen molar-refractivity contribution >= 4 is 39.5 Å². The van der Waals surface area contributed by atoms with E-state index in [0.717, 1.165) is 40.7 Å². The normalized spacial score (nSPS) is 13.7. The summed E-state index contributed by atoms with van der Waals surface area (Å²) in [5.41, 5.74) is 8.45. The molecular formula is C28H25N9O2. The van der Waals surface area contributed by atoms with Crippen molar-refractivity contribution < 1.29 is 9.53 Å². The van der Waals surface area contributed by atoms with Gasteiger partial charge >= 0.3 is 0 Å². The molecule has 0 unspecified atom stereocenters. The lowest BCUT2D eigenvalue weighted by molar-refractivity contribution is -0.120. The molecule has 3 aromatic heterocycles. The van der Waals surface area contributed by atoms with Crippen LogP contribution in [-0.4, -0.2) is 53.6 Å². The smallest absolute Gasteiger partial charge is 0.257 e. The number of amides is 1. The number of anilines is 2. The zero-order chi connectivity index (χ0) is 26.8. The monoisotopic (exact) mass is 519 g/mol. The highest BCUT2D eigenvalue weighted by molar-refractivity contribution is 5.93. The Morgan fingerprint density at radius 1 is 1.10 bits per heavy atom. The molecule has 1 aliphatic rings. The molecule has 0 saturated heterocycles. The first-order chi connectivity index (χ1) is 19.1. The molecule has 39 heavy (non-hydrogen) atoms. The molecule has 11 heteroatoms. The van der Waals surface area contributed by atoms with E-state index in [2.05, 4.69) is 60.7 Å². The molecule has 1 aliphatic heterocycles. The number of rotatable bonds is 7. The number of benzene rings is 2. The molecule has 194 valence electrons. The van der Waals surface area contributed by atoms with Crippen LogP contribution in [0.4, 0.5) is 11.5 Å². The van der Waals surface area contributed by atoms with Crippen molar-refractivity contribution in [1.82, 2.24) is 40.0 Å². The van der Waals surface area contributed by atoms with Crippen LogP contribution in [0.15, 0.2) is 80.2 Å². The summed E-state index contributed by atoms with van der Waals surface area (Å²) in [6.45, 7) is 6.82. The Hall–Kier alpha value is -5.16. The Morgan fingerprint density at radius 2 is 2.03 bits per heavy atom. The van der Waals surface area contributed by atoms with Gasteiger partial charge in [0.1, 0.15) is 30.5 Å². The predicted molar refractivity (Wildman–Crippen MR) is 147 cm³/mol. The molecule has 2 N–H and O–H groups in total. The number of aromatic nitrogens is 6. The lowest BCUT2D eigenvalue weighted by Crippen LogP contribution is -2.43. The third kappa shape index (κ3) is 5.15. The topological polar surface area (TPSA) is 122 Å². The molecule has 0 atom stereocenters. The van der Waals surface area contributed by atoms with E-state index in [1.54, 1.807) is 29.4 Å². The highest BCUT2D eigenvalue weighted by atomic mass is 16.5. The van der Waals surface area contributed by atoms with E-state index >= 15 is 0 Å². The van der Waals surface area contributed by atoms with Crippen LogP contribution in [0.1, 0.15) is 17.5 Å². The molecular weight excluding hydrogens is 494 g/mol. The SMILES string of the molecule is C=CC(=O)NN1CC=C(c2ccc3ncnc(Nc4ccc(Oc5cc6nncn6cn5)c(C)c4)c3c2)CC1. The van der Waals surface area contributed by atoms with E-state index < -0.39 is 0 Å². The van der Waals surface area contributed by atoms with Crippen LogP contribution in [0.2, 0.25) is 0 Å². The number of nitrogens with one attached hydrogen (secondary N) is 2. The molecule has 11 nitrogen and oxygen atoms in total. The minimum Gasteiger partial charge on any atom is -0.439 e. The summed E-state index contributed by atoms with van der Waals surface area (Å²) in [6.07, 6.45) is 8.97. The fraction of sp³-hybridized carbons (Fsp3) is 0.143. The second-order valence-electron chi connectivity index (χ2n) is 9.09. The molecule has 0 fully saturated rings. The van der Waals surface area contributed by atoms with E-state index in [4.69, 9.17) is 4.74 Å². The molecule has 4 heterocycles. The molecule has 0 aliphatic carbocycles. The Kier molecular flexibility index (Phi) is 6.39. The van der Waals surface area contributed by atoms with Crippen molar-refractivity contribution in [3.63, 3.8) is 0 Å². The molecule has 0 radical (unpaired) electrons. The van der Waals surface area contributed by atoms with Gasteiger partial charge in [0, 0.05) is 30.2 Å². The summed E-state index contributed by atoms with van der Waals surface area (Å²) in [4.78, 5) is 24.9. The molecule has 2 aromatic carbocycles. The number of hydrogen-bond acceptors (Lipinski definition) is 9. The molecule has 0 bridgehead atoms. The standard InChI is InChI=1S/C28H25N9O2/c1-3-26(38)35-37-10-8-19(9-11-37)20-4-6-23-22(13-20)28(30-15-29-23)33-21-5-7-24(18(2)12-21)39-27-14-25-34-32-17-36(25)16-31-27/h3-8,12-17H,1,9-11H2,2H3,(H,35,38)(H,29,30,33). The molecule has 1 amide bonds. The van der Waals surface area contributed by atoms with Crippen LogP contribution in [0.5, 0.6) is 11.6 Å². The summed E-state index contributed by atoms with van der Waals surface area (Å²) < 4.78 is 7.71. The van der Waals surface area contributed by atoms with Gasteiger partial charge in [0.25, 0.3) is 5.91 Å². The van der Waals surface area contributed by atoms with Crippen molar-refractivity contribution in [3.8, 4) is 11.6 Å². The first kappa shape index (κ1) is 24.2. The summed E-state index contributed by atoms with van der Waals surface area (Å²) in [7, 11) is 0. The van der Waals surface area contributed by atoms with E-state index in [0.29, 0.717) is 29.6 Å². The predicted octanol–water partition coefficient (Wildman–Crippen LogP) is 4.22. The number of carbonyl (C=O) groups is 1. The molecule has 0 spiro atoms. The number of fused-ring (bicyclic) bond motifs is 2. The number of carbonyl (C=O) groups excluding carboxylic acids is 1. The van der Waals surface area contributed by atoms with E-state index in [-0.39, 0.29) is 5.91 Å². The quantitative estimate of drug-likeness (QED) is 0.304. The van der Waals surface area contributed by atoms with Crippen LogP contribution in [-0.2, 0) is 4.79 Å². The second kappa shape index (κ2) is 10.3. The van der Waals surface area contributed by atoms with Crippen molar-refractivity contribution in [3.05, 3.63) is 91.3 Å². The van der Waals surface area contributed by atoms with Crippen LogP contribution >= 0.6 is 0 Å². The van der Waals surface area contributed by atoms with Gasteiger partial charge in [-0.3, -0.25) is 14.6 Å². The largest absolute Gasteiger partial charge is 0.439 e. The van der Waals surface area contributed by atoms with Crippen molar-refractivity contribution in [2.75, 3.05) is 18.4 Å². The first-order valence-electron chi connectivity index (χ1n) is 12.4. The van der Waals surface area contributed by atoms with Crippen LogP contribution in [0.25, 0.3) is 22.1 Å². The van der Waals surface area contributed by atoms with E-state index in [1.165, 1.54) is 11.6 Å². The fourth-order valence-corrected chi connectivity index (χ4v) is 4.45. The fourth-order valence-electron chi connectivity index (χ4n) is 4.45. The maximum Gasteiger partial charge on any atom is 0.257 e. The number of nitrogens with zero attached hydrogens (tertiary/aromatic N) is 7. The Balaban J connectivity index is 1.21. The number of hydrogen-bond donors (Lipinski definition) is 2. The highest BCUT2D eigenvalue weighted by Gasteiger charge is 2.15. The van der Waals surface area contributed by atoms with E-state index in [1.807, 2.05) is 36.2 Å². The zero-order valence-corrected chi connectivity index (χ0v) is 21.2. The Morgan fingerprint density at radius 3 is 2.85 bits per heavy atom. The molecule has 0 saturated carbocycles. The van der Waals surface area contributed by atoms with Gasteiger partial charge in [0.2, 0.25) is 5.88 Å². The lowest BCUT2D eigenvalue weighted by Gasteiger charge is -2.26. The van der Waals surface area contributed by atoms with Gasteiger partial charge in [-0.25, -0.2) is 20.0 Å². The maximum absolute atomic E-state index is 11.6. The average Bonchev–Trinajstić information content (AvgIpc) is 3.43. The lowest BCUT2D eigenvalue weighted by atomic mass is 9.98. The van der Waals surface area contributed by atoms with Gasteiger partial charge in [-0.05, 0) is 66.5 Å². The highest BCUT2D eigenvalue weighted by Crippen LogP contribution is 2.31. The van der Waals surface area contributed by atoms with Gasteiger partial charge in [-0.15, -0.1) is 10.2 Å². The van der Waals surface area contributed by atoms with Crippen LogP contribution in [0, 0.1) is 6.92 Å². The Bertz CT molecular complexity index is 1740. The van der Waals surface area contributed by atoms with Gasteiger partial charge in [-0.2, -0.15) is 0 Å². The van der Waals surface area contributed by atoms with E-state index in [9.17, 15) is 4.79 Å². The van der Waals surface area contributed by atoms with Crippen LogP contribution in [0.3, 0.4) is 0 Å². The summed E-state index contributed by atoms with van der Waals surface area (Å²) >= 11 is 0. The average molecular weight is 520 g/mol. The van der Waals surface area contributed by atoms with Gasteiger partial charge < -0.3 is 10.1 Å². The second-order valence-corrected chi connectivity index (χ2v) is 9.09.